The van der Waals surface area contributed by atoms with Gasteiger partial charge in [-0.25, -0.2) is 9.37 Å². The Balaban J connectivity index is 1.61. The molecule has 0 fully saturated rings. The molecule has 1 amide bonds. The number of anilines is 1. The molecule has 36 heavy (non-hydrogen) atoms. The Morgan fingerprint density at radius 3 is 2.53 bits per heavy atom. The van der Waals surface area contributed by atoms with E-state index in [1.807, 2.05) is 19.9 Å². The van der Waals surface area contributed by atoms with Crippen molar-refractivity contribution < 1.29 is 13.9 Å². The Bertz CT molecular complexity index is 1520. The Labute approximate surface area is 223 Å². The first-order valence-corrected chi connectivity index (χ1v) is 12.5. The predicted octanol–water partition coefficient (Wildman–Crippen LogP) is 6.08. The molecule has 184 valence electrons. The summed E-state index contributed by atoms with van der Waals surface area (Å²) in [6, 6.07) is 16.0. The van der Waals surface area contributed by atoms with E-state index in [2.05, 4.69) is 47.3 Å². The third kappa shape index (κ3) is 6.06. The first-order valence-electron chi connectivity index (χ1n) is 11.0. The summed E-state index contributed by atoms with van der Waals surface area (Å²) in [6.45, 7) is 3.60. The van der Waals surface area contributed by atoms with E-state index < -0.39 is 11.7 Å². The number of nitrogens with one attached hydrogen (secondary N) is 1. The summed E-state index contributed by atoms with van der Waals surface area (Å²) in [5.74, 6) is 0.0531. The molecule has 0 aliphatic carbocycles. The standard InChI is InChI=1S/C26H21Br2FN4O3/c1-15(2)25-32-22-9-3-18(28)12-21(22)26(35)33(25)30-13-16-11-17(27)4-10-23(16)36-14-24(34)31-20-7-5-19(29)6-8-20/h3-13,15H,14H2,1-2H3,(H,31,34). The number of hydrogen-bond acceptors (Lipinski definition) is 5. The average molecular weight is 616 g/mol. The van der Waals surface area contributed by atoms with Gasteiger partial charge in [0.05, 0.1) is 17.1 Å². The third-order valence-electron chi connectivity index (χ3n) is 5.12. The number of aromatic nitrogens is 2. The van der Waals surface area contributed by atoms with Crippen LogP contribution in [-0.2, 0) is 4.79 Å². The van der Waals surface area contributed by atoms with E-state index in [-0.39, 0.29) is 18.1 Å². The van der Waals surface area contributed by atoms with Crippen molar-refractivity contribution in [1.82, 2.24) is 9.66 Å². The van der Waals surface area contributed by atoms with Gasteiger partial charge in [-0.3, -0.25) is 9.59 Å². The molecule has 0 spiro atoms. The number of amides is 1. The third-order valence-corrected chi connectivity index (χ3v) is 6.11. The van der Waals surface area contributed by atoms with Gasteiger partial charge in [0.25, 0.3) is 11.5 Å². The second-order valence-corrected chi connectivity index (χ2v) is 10.0. The van der Waals surface area contributed by atoms with Crippen molar-refractivity contribution in [1.29, 1.82) is 0 Å². The van der Waals surface area contributed by atoms with Gasteiger partial charge in [-0.2, -0.15) is 9.78 Å². The van der Waals surface area contributed by atoms with Crippen molar-refractivity contribution in [2.75, 3.05) is 11.9 Å². The van der Waals surface area contributed by atoms with Gasteiger partial charge in [-0.05, 0) is 60.7 Å². The van der Waals surface area contributed by atoms with Crippen LogP contribution in [0, 0.1) is 5.82 Å². The molecule has 0 saturated heterocycles. The Morgan fingerprint density at radius 1 is 1.11 bits per heavy atom. The zero-order valence-corrected chi connectivity index (χ0v) is 22.5. The second-order valence-electron chi connectivity index (χ2n) is 8.17. The lowest BCUT2D eigenvalue weighted by atomic mass is 10.2. The van der Waals surface area contributed by atoms with Crippen LogP contribution in [0.25, 0.3) is 10.9 Å². The number of halogens is 3. The maximum absolute atomic E-state index is 13.3. The van der Waals surface area contributed by atoms with E-state index in [4.69, 9.17) is 4.74 Å². The number of carbonyl (C=O) groups is 1. The molecule has 1 heterocycles. The summed E-state index contributed by atoms with van der Waals surface area (Å²) in [6.07, 6.45) is 1.50. The first kappa shape index (κ1) is 25.7. The molecule has 0 aliphatic rings. The topological polar surface area (TPSA) is 85.6 Å². The zero-order valence-electron chi connectivity index (χ0n) is 19.3. The highest BCUT2D eigenvalue weighted by atomic mass is 79.9. The lowest BCUT2D eigenvalue weighted by molar-refractivity contribution is -0.118. The fourth-order valence-corrected chi connectivity index (χ4v) is 4.14. The minimum absolute atomic E-state index is 0.0590. The van der Waals surface area contributed by atoms with Crippen LogP contribution in [0.1, 0.15) is 31.2 Å². The van der Waals surface area contributed by atoms with Crippen LogP contribution in [0.15, 0.2) is 79.5 Å². The molecule has 10 heteroatoms. The molecule has 7 nitrogen and oxygen atoms in total. The molecule has 1 N–H and O–H groups in total. The van der Waals surface area contributed by atoms with E-state index >= 15 is 0 Å². The summed E-state index contributed by atoms with van der Waals surface area (Å²) in [7, 11) is 0. The highest BCUT2D eigenvalue weighted by Crippen LogP contribution is 2.23. The molecule has 0 unspecified atom stereocenters. The summed E-state index contributed by atoms with van der Waals surface area (Å²) >= 11 is 6.83. The van der Waals surface area contributed by atoms with Crippen LogP contribution in [0.4, 0.5) is 10.1 Å². The highest BCUT2D eigenvalue weighted by Gasteiger charge is 2.14. The quantitative estimate of drug-likeness (QED) is 0.255. The Hall–Kier alpha value is -3.37. The van der Waals surface area contributed by atoms with Crippen molar-refractivity contribution >= 4 is 60.6 Å². The maximum Gasteiger partial charge on any atom is 0.282 e. The number of ether oxygens (including phenoxy) is 1. The normalized spacial score (nSPS) is 11.4. The van der Waals surface area contributed by atoms with Crippen LogP contribution in [0.3, 0.4) is 0 Å². The highest BCUT2D eigenvalue weighted by molar-refractivity contribution is 9.10. The number of rotatable bonds is 7. The Kier molecular flexibility index (Phi) is 7.95. The van der Waals surface area contributed by atoms with Gasteiger partial charge in [0.2, 0.25) is 0 Å². The molecule has 1 aromatic heterocycles. The molecule has 0 atom stereocenters. The number of carbonyl (C=O) groups excluding carboxylic acids is 1. The predicted molar refractivity (Wildman–Crippen MR) is 145 cm³/mol. The number of hydrogen-bond donors (Lipinski definition) is 1. The molecule has 0 bridgehead atoms. The van der Waals surface area contributed by atoms with Gasteiger partial charge in [0.1, 0.15) is 17.4 Å². The lowest BCUT2D eigenvalue weighted by Gasteiger charge is -2.13. The molecule has 0 radical (unpaired) electrons. The zero-order chi connectivity index (χ0) is 25.8. The van der Waals surface area contributed by atoms with Crippen molar-refractivity contribution in [3.05, 3.63) is 97.2 Å². The summed E-state index contributed by atoms with van der Waals surface area (Å²) in [5.41, 5.74) is 1.31. The van der Waals surface area contributed by atoms with Gasteiger partial charge >= 0.3 is 0 Å². The first-order chi connectivity index (χ1) is 17.2. The second kappa shape index (κ2) is 11.1. The Morgan fingerprint density at radius 2 is 1.81 bits per heavy atom. The van der Waals surface area contributed by atoms with Crippen LogP contribution in [0.2, 0.25) is 0 Å². The van der Waals surface area contributed by atoms with Crippen LogP contribution in [0.5, 0.6) is 5.75 Å². The summed E-state index contributed by atoms with van der Waals surface area (Å²) in [4.78, 5) is 30.2. The summed E-state index contributed by atoms with van der Waals surface area (Å²) < 4.78 is 21.6. The SMILES string of the molecule is CC(C)c1nc2ccc(Br)cc2c(=O)n1N=Cc1cc(Br)ccc1OCC(=O)Nc1ccc(F)cc1. The fraction of sp³-hybridized carbons (Fsp3) is 0.154. The molecule has 0 saturated carbocycles. The molecule has 4 rings (SSSR count). The molecular weight excluding hydrogens is 595 g/mol. The average Bonchev–Trinajstić information content (AvgIpc) is 2.84. The largest absolute Gasteiger partial charge is 0.483 e. The van der Waals surface area contributed by atoms with Crippen LogP contribution >= 0.6 is 31.9 Å². The lowest BCUT2D eigenvalue weighted by Crippen LogP contribution is -2.23. The summed E-state index contributed by atoms with van der Waals surface area (Å²) in [5, 5.41) is 7.53. The molecule has 4 aromatic rings. The fourth-order valence-electron chi connectivity index (χ4n) is 3.40. The van der Waals surface area contributed by atoms with Crippen molar-refractivity contribution in [3.63, 3.8) is 0 Å². The van der Waals surface area contributed by atoms with Crippen LogP contribution < -0.4 is 15.6 Å². The minimum atomic E-state index is -0.407. The van der Waals surface area contributed by atoms with Crippen molar-refractivity contribution in [3.8, 4) is 5.75 Å². The van der Waals surface area contributed by atoms with Gasteiger partial charge < -0.3 is 10.1 Å². The molecule has 3 aromatic carbocycles. The van der Waals surface area contributed by atoms with Gasteiger partial charge in [-0.15, -0.1) is 0 Å². The van der Waals surface area contributed by atoms with Gasteiger partial charge in [0, 0.05) is 26.1 Å². The number of nitrogens with zero attached hydrogens (tertiary/aromatic N) is 3. The van der Waals surface area contributed by atoms with Gasteiger partial charge in [-0.1, -0.05) is 45.7 Å². The van der Waals surface area contributed by atoms with Crippen molar-refractivity contribution in [2.24, 2.45) is 5.10 Å². The number of benzene rings is 3. The minimum Gasteiger partial charge on any atom is -0.483 e. The molecular formula is C26H21Br2FN4O3. The van der Waals surface area contributed by atoms with Crippen molar-refractivity contribution in [2.45, 2.75) is 19.8 Å². The smallest absolute Gasteiger partial charge is 0.282 e. The molecule has 0 aliphatic heterocycles. The van der Waals surface area contributed by atoms with E-state index in [1.165, 1.54) is 35.2 Å². The van der Waals surface area contributed by atoms with E-state index in [1.54, 1.807) is 30.3 Å². The van der Waals surface area contributed by atoms with E-state index in [0.717, 1.165) is 8.95 Å². The maximum atomic E-state index is 13.3. The monoisotopic (exact) mass is 614 g/mol. The number of fused-ring (bicyclic) bond motifs is 1. The van der Waals surface area contributed by atoms with E-state index in [0.29, 0.717) is 33.7 Å². The van der Waals surface area contributed by atoms with Gasteiger partial charge in [0.15, 0.2) is 6.61 Å². The van der Waals surface area contributed by atoms with E-state index in [9.17, 15) is 14.0 Å². The van der Waals surface area contributed by atoms with Crippen LogP contribution in [-0.4, -0.2) is 28.4 Å².